The lowest BCUT2D eigenvalue weighted by Gasteiger charge is -2.32. The maximum atomic E-state index is 11.7. The third-order valence-corrected chi connectivity index (χ3v) is 5.77. The van der Waals surface area contributed by atoms with Crippen molar-refractivity contribution < 1.29 is 13.2 Å². The van der Waals surface area contributed by atoms with E-state index in [4.69, 9.17) is 10.5 Å². The summed E-state index contributed by atoms with van der Waals surface area (Å²) in [6.07, 6.45) is 6.19. The van der Waals surface area contributed by atoms with Crippen molar-refractivity contribution in [3.8, 4) is 5.88 Å². The lowest BCUT2D eigenvalue weighted by atomic mass is 9.81. The second-order valence-electron chi connectivity index (χ2n) is 5.51. The minimum atomic E-state index is -2.99. The molecule has 1 aliphatic rings. The van der Waals surface area contributed by atoms with Crippen molar-refractivity contribution in [1.29, 1.82) is 0 Å². The highest BCUT2D eigenvalue weighted by atomic mass is 32.2. The van der Waals surface area contributed by atoms with Gasteiger partial charge in [-0.25, -0.2) is 13.4 Å². The summed E-state index contributed by atoms with van der Waals surface area (Å²) in [6.45, 7) is 0. The van der Waals surface area contributed by atoms with E-state index in [1.807, 2.05) is 12.1 Å². The number of rotatable bonds is 4. The molecular weight excluding hydrogens is 276 g/mol. The summed E-state index contributed by atoms with van der Waals surface area (Å²) >= 11 is 0. The van der Waals surface area contributed by atoms with Crippen molar-refractivity contribution in [2.45, 2.75) is 37.0 Å². The van der Waals surface area contributed by atoms with E-state index in [9.17, 15) is 8.42 Å². The van der Waals surface area contributed by atoms with E-state index in [-0.39, 0.29) is 17.2 Å². The summed E-state index contributed by atoms with van der Waals surface area (Å²) < 4.78 is 28.7. The van der Waals surface area contributed by atoms with Crippen molar-refractivity contribution in [2.75, 3.05) is 13.4 Å². The van der Waals surface area contributed by atoms with Gasteiger partial charge in [-0.1, -0.05) is 12.5 Å². The van der Waals surface area contributed by atoms with Gasteiger partial charge in [0.1, 0.15) is 9.84 Å². The van der Waals surface area contributed by atoms with Gasteiger partial charge >= 0.3 is 0 Å². The zero-order valence-corrected chi connectivity index (χ0v) is 12.8. The van der Waals surface area contributed by atoms with Crippen LogP contribution in [-0.2, 0) is 9.84 Å². The molecule has 0 saturated heterocycles. The van der Waals surface area contributed by atoms with E-state index < -0.39 is 9.84 Å². The van der Waals surface area contributed by atoms with Gasteiger partial charge in [-0.2, -0.15) is 0 Å². The standard InChI is InChI=1S/C14H22N2O3S/c1-19-14-12(7-4-8-16-14)13(15)10-5-3-6-11(9-10)20(2,17)18/h4,7-8,10-11,13H,3,5-6,9,15H2,1-2H3. The molecule has 20 heavy (non-hydrogen) atoms. The molecule has 6 heteroatoms. The Hall–Kier alpha value is -1.14. The summed E-state index contributed by atoms with van der Waals surface area (Å²) in [5.41, 5.74) is 7.19. The predicted octanol–water partition coefficient (Wildman–Crippen LogP) is 1.69. The SMILES string of the molecule is COc1ncccc1C(N)C1CCCC(S(C)(=O)=O)C1. The normalized spacial score (nSPS) is 25.1. The van der Waals surface area contributed by atoms with E-state index in [1.54, 1.807) is 13.3 Å². The lowest BCUT2D eigenvalue weighted by Crippen LogP contribution is -2.33. The third-order valence-electron chi connectivity index (χ3n) is 4.13. The summed E-state index contributed by atoms with van der Waals surface area (Å²) in [7, 11) is -1.42. The lowest BCUT2D eigenvalue weighted by molar-refractivity contribution is 0.299. The van der Waals surface area contributed by atoms with Crippen LogP contribution in [0.25, 0.3) is 0 Å². The predicted molar refractivity (Wildman–Crippen MR) is 78.3 cm³/mol. The second-order valence-corrected chi connectivity index (χ2v) is 7.83. The Morgan fingerprint density at radius 3 is 2.85 bits per heavy atom. The van der Waals surface area contributed by atoms with Crippen molar-refractivity contribution in [3.63, 3.8) is 0 Å². The molecule has 1 fully saturated rings. The fraction of sp³-hybridized carbons (Fsp3) is 0.643. The van der Waals surface area contributed by atoms with Gasteiger partial charge in [0.2, 0.25) is 5.88 Å². The summed E-state index contributed by atoms with van der Waals surface area (Å²) in [6, 6.07) is 3.50. The molecule has 1 aliphatic carbocycles. The Kier molecular flexibility index (Phi) is 4.65. The summed E-state index contributed by atoms with van der Waals surface area (Å²) in [4.78, 5) is 4.16. The molecule has 0 amide bonds. The summed E-state index contributed by atoms with van der Waals surface area (Å²) in [5.74, 6) is 0.683. The maximum absolute atomic E-state index is 11.7. The van der Waals surface area contributed by atoms with Crippen LogP contribution in [0, 0.1) is 5.92 Å². The molecule has 0 aliphatic heterocycles. The zero-order valence-electron chi connectivity index (χ0n) is 12.0. The number of hydrogen-bond donors (Lipinski definition) is 1. The van der Waals surface area contributed by atoms with Crippen LogP contribution in [0.1, 0.15) is 37.3 Å². The first-order valence-corrected chi connectivity index (χ1v) is 8.82. The molecule has 1 aromatic rings. The van der Waals surface area contributed by atoms with Gasteiger partial charge < -0.3 is 10.5 Å². The highest BCUT2D eigenvalue weighted by Crippen LogP contribution is 2.37. The number of nitrogens with two attached hydrogens (primary N) is 1. The fourth-order valence-corrected chi connectivity index (χ4v) is 4.17. The third kappa shape index (κ3) is 3.30. The van der Waals surface area contributed by atoms with Crippen molar-refractivity contribution >= 4 is 9.84 Å². The van der Waals surface area contributed by atoms with E-state index in [2.05, 4.69) is 4.98 Å². The van der Waals surface area contributed by atoms with Crippen LogP contribution in [0.2, 0.25) is 0 Å². The quantitative estimate of drug-likeness (QED) is 0.914. The molecule has 0 aromatic carbocycles. The van der Waals surface area contributed by atoms with E-state index in [1.165, 1.54) is 6.26 Å². The van der Waals surface area contributed by atoms with Crippen LogP contribution in [0.4, 0.5) is 0 Å². The minimum absolute atomic E-state index is 0.154. The van der Waals surface area contributed by atoms with Crippen molar-refractivity contribution in [3.05, 3.63) is 23.9 Å². The first-order chi connectivity index (χ1) is 9.43. The van der Waals surface area contributed by atoms with Gasteiger partial charge in [-0.05, 0) is 31.2 Å². The molecule has 0 spiro atoms. The Morgan fingerprint density at radius 2 is 2.20 bits per heavy atom. The van der Waals surface area contributed by atoms with Gasteiger partial charge in [-0.15, -0.1) is 0 Å². The van der Waals surface area contributed by atoms with Crippen LogP contribution in [0.5, 0.6) is 5.88 Å². The van der Waals surface area contributed by atoms with Gasteiger partial charge in [0.05, 0.1) is 12.4 Å². The van der Waals surface area contributed by atoms with Crippen molar-refractivity contribution in [2.24, 2.45) is 11.7 Å². The number of nitrogens with zero attached hydrogens (tertiary/aromatic N) is 1. The van der Waals surface area contributed by atoms with Gasteiger partial charge in [-0.3, -0.25) is 0 Å². The average molecular weight is 298 g/mol. The zero-order chi connectivity index (χ0) is 14.8. The Balaban J connectivity index is 2.18. The molecule has 1 heterocycles. The Labute approximate surface area is 120 Å². The maximum Gasteiger partial charge on any atom is 0.217 e. The Bertz CT molecular complexity index is 559. The second kappa shape index (κ2) is 6.10. The van der Waals surface area contributed by atoms with Crippen LogP contribution in [0.15, 0.2) is 18.3 Å². The van der Waals surface area contributed by atoms with Gasteiger partial charge in [0.15, 0.2) is 0 Å². The average Bonchev–Trinajstić information content (AvgIpc) is 2.45. The van der Waals surface area contributed by atoms with Gasteiger partial charge in [0.25, 0.3) is 0 Å². The van der Waals surface area contributed by atoms with Crippen LogP contribution < -0.4 is 10.5 Å². The Morgan fingerprint density at radius 1 is 1.45 bits per heavy atom. The van der Waals surface area contributed by atoms with Crippen molar-refractivity contribution in [1.82, 2.24) is 4.98 Å². The molecule has 2 rings (SSSR count). The molecule has 0 radical (unpaired) electrons. The molecule has 3 atom stereocenters. The fourth-order valence-electron chi connectivity index (χ4n) is 2.98. The van der Waals surface area contributed by atoms with E-state index >= 15 is 0 Å². The molecule has 112 valence electrons. The summed E-state index contributed by atoms with van der Waals surface area (Å²) in [5, 5.41) is -0.269. The number of aromatic nitrogens is 1. The molecule has 0 bridgehead atoms. The number of ether oxygens (including phenoxy) is 1. The van der Waals surface area contributed by atoms with E-state index in [0.29, 0.717) is 12.3 Å². The number of sulfone groups is 1. The monoisotopic (exact) mass is 298 g/mol. The molecule has 2 N–H and O–H groups in total. The molecule has 5 nitrogen and oxygen atoms in total. The van der Waals surface area contributed by atoms with E-state index in [0.717, 1.165) is 24.8 Å². The topological polar surface area (TPSA) is 82.3 Å². The highest BCUT2D eigenvalue weighted by Gasteiger charge is 2.33. The smallest absolute Gasteiger partial charge is 0.217 e. The number of hydrogen-bond acceptors (Lipinski definition) is 5. The van der Waals surface area contributed by atoms with Crippen LogP contribution in [0.3, 0.4) is 0 Å². The molecular formula is C14H22N2O3S. The molecule has 1 saturated carbocycles. The molecule has 1 aromatic heterocycles. The first-order valence-electron chi connectivity index (χ1n) is 6.87. The van der Waals surface area contributed by atoms with Crippen LogP contribution >= 0.6 is 0 Å². The first kappa shape index (κ1) is 15.3. The largest absolute Gasteiger partial charge is 0.481 e. The number of pyridine rings is 1. The van der Waals surface area contributed by atoms with Crippen LogP contribution in [-0.4, -0.2) is 32.0 Å². The number of methoxy groups -OCH3 is 1. The minimum Gasteiger partial charge on any atom is -0.481 e. The van der Waals surface area contributed by atoms with Gasteiger partial charge in [0, 0.05) is 24.1 Å². The highest BCUT2D eigenvalue weighted by molar-refractivity contribution is 7.91. The molecule has 3 unspecified atom stereocenters.